The lowest BCUT2D eigenvalue weighted by molar-refractivity contribution is -0.115. The van der Waals surface area contributed by atoms with Gasteiger partial charge in [-0.15, -0.1) is 11.8 Å². The van der Waals surface area contributed by atoms with Crippen LogP contribution in [0.5, 0.6) is 11.5 Å². The summed E-state index contributed by atoms with van der Waals surface area (Å²) in [5.74, 6) is 1.19. The van der Waals surface area contributed by atoms with Gasteiger partial charge in [-0.3, -0.25) is 4.79 Å². The van der Waals surface area contributed by atoms with Crippen molar-refractivity contribution in [2.75, 3.05) is 19.5 Å². The van der Waals surface area contributed by atoms with Crippen LogP contribution in [0.25, 0.3) is 0 Å². The molecule has 1 N–H and O–H groups in total. The largest absolute Gasteiger partial charge is 0.497 e. The molecule has 0 saturated heterocycles. The van der Waals surface area contributed by atoms with Gasteiger partial charge in [0.05, 0.1) is 25.2 Å². The van der Waals surface area contributed by atoms with Crippen molar-refractivity contribution in [3.05, 3.63) is 48.5 Å². The first-order valence-electron chi connectivity index (χ1n) is 6.88. The maximum atomic E-state index is 12.4. The molecule has 0 unspecified atom stereocenters. The Morgan fingerprint density at radius 2 is 1.82 bits per heavy atom. The smallest absolute Gasteiger partial charge is 0.237 e. The molecule has 0 bridgehead atoms. The van der Waals surface area contributed by atoms with Crippen LogP contribution in [0.15, 0.2) is 53.4 Å². The summed E-state index contributed by atoms with van der Waals surface area (Å²) in [7, 11) is 3.15. The van der Waals surface area contributed by atoms with Crippen molar-refractivity contribution in [3.8, 4) is 11.5 Å². The lowest BCUT2D eigenvalue weighted by atomic mass is 10.2. The molecule has 0 aliphatic carbocycles. The topological polar surface area (TPSA) is 47.6 Å². The molecule has 0 radical (unpaired) electrons. The first-order valence-corrected chi connectivity index (χ1v) is 7.76. The number of methoxy groups -OCH3 is 2. The monoisotopic (exact) mass is 317 g/mol. The molecule has 0 heterocycles. The van der Waals surface area contributed by atoms with Crippen LogP contribution in [0.2, 0.25) is 0 Å². The van der Waals surface area contributed by atoms with Gasteiger partial charge in [0.15, 0.2) is 0 Å². The minimum Gasteiger partial charge on any atom is -0.497 e. The number of thioether (sulfide) groups is 1. The van der Waals surface area contributed by atoms with Gasteiger partial charge in [-0.2, -0.15) is 0 Å². The highest BCUT2D eigenvalue weighted by molar-refractivity contribution is 8.00. The average molecular weight is 317 g/mol. The molecule has 0 saturated carbocycles. The predicted molar refractivity (Wildman–Crippen MR) is 89.9 cm³/mol. The Bertz CT molecular complexity index is 631. The van der Waals surface area contributed by atoms with Gasteiger partial charge >= 0.3 is 0 Å². The van der Waals surface area contributed by atoms with E-state index in [1.54, 1.807) is 32.4 Å². The second-order valence-electron chi connectivity index (χ2n) is 4.63. The zero-order valence-electron chi connectivity index (χ0n) is 12.8. The number of hydrogen-bond donors (Lipinski definition) is 1. The van der Waals surface area contributed by atoms with Gasteiger partial charge < -0.3 is 14.8 Å². The number of benzene rings is 2. The summed E-state index contributed by atoms with van der Waals surface area (Å²) >= 11 is 1.51. The van der Waals surface area contributed by atoms with Crippen molar-refractivity contribution in [2.45, 2.75) is 17.1 Å². The van der Waals surface area contributed by atoms with Crippen molar-refractivity contribution in [1.29, 1.82) is 0 Å². The number of carbonyl (C=O) groups excluding carboxylic acids is 1. The molecule has 2 rings (SSSR count). The quantitative estimate of drug-likeness (QED) is 0.823. The molecule has 0 aliphatic rings. The van der Waals surface area contributed by atoms with Crippen LogP contribution >= 0.6 is 11.8 Å². The molecule has 116 valence electrons. The van der Waals surface area contributed by atoms with Gasteiger partial charge in [-0.25, -0.2) is 0 Å². The molecule has 4 nitrogen and oxygen atoms in total. The number of nitrogens with one attached hydrogen (secondary N) is 1. The molecule has 2 aromatic carbocycles. The lowest BCUT2D eigenvalue weighted by Gasteiger charge is -2.15. The Labute approximate surface area is 134 Å². The van der Waals surface area contributed by atoms with Crippen LogP contribution in [0.3, 0.4) is 0 Å². The fourth-order valence-electron chi connectivity index (χ4n) is 1.90. The summed E-state index contributed by atoms with van der Waals surface area (Å²) in [6.07, 6.45) is 0. The zero-order valence-corrected chi connectivity index (χ0v) is 13.6. The third-order valence-corrected chi connectivity index (χ3v) is 4.20. The number of rotatable bonds is 6. The van der Waals surface area contributed by atoms with Crippen LogP contribution in [0.1, 0.15) is 6.92 Å². The Balaban J connectivity index is 2.07. The number of hydrogen-bond acceptors (Lipinski definition) is 4. The zero-order chi connectivity index (χ0) is 15.9. The van der Waals surface area contributed by atoms with Gasteiger partial charge in [0, 0.05) is 11.0 Å². The second-order valence-corrected chi connectivity index (χ2v) is 6.04. The van der Waals surface area contributed by atoms with E-state index in [0.29, 0.717) is 17.2 Å². The maximum Gasteiger partial charge on any atom is 0.237 e. The van der Waals surface area contributed by atoms with Crippen molar-refractivity contribution >= 4 is 23.4 Å². The second kappa shape index (κ2) is 7.75. The molecule has 0 aromatic heterocycles. The molecule has 1 amide bonds. The highest BCUT2D eigenvalue weighted by Crippen LogP contribution is 2.30. The summed E-state index contributed by atoms with van der Waals surface area (Å²) in [5, 5.41) is 2.67. The first kappa shape index (κ1) is 16.2. The standard InChI is InChI=1S/C17H19NO3S/c1-12(22-14-7-5-4-6-8-14)17(19)18-15-11-13(20-2)9-10-16(15)21-3/h4-12H,1-3H3,(H,18,19)/t12-/m0/s1. The van der Waals surface area contributed by atoms with E-state index in [9.17, 15) is 4.79 Å². The summed E-state index contributed by atoms with van der Waals surface area (Å²) in [4.78, 5) is 13.4. The molecule has 22 heavy (non-hydrogen) atoms. The summed E-state index contributed by atoms with van der Waals surface area (Å²) < 4.78 is 10.4. The molecule has 5 heteroatoms. The Morgan fingerprint density at radius 3 is 2.45 bits per heavy atom. The van der Waals surface area contributed by atoms with Crippen LogP contribution < -0.4 is 14.8 Å². The Hall–Kier alpha value is -2.14. The van der Waals surface area contributed by atoms with Crippen molar-refractivity contribution in [2.24, 2.45) is 0 Å². The number of carbonyl (C=O) groups is 1. The Morgan fingerprint density at radius 1 is 1.09 bits per heavy atom. The van der Waals surface area contributed by atoms with Crippen LogP contribution in [-0.2, 0) is 4.79 Å². The number of ether oxygens (including phenoxy) is 2. The third kappa shape index (κ3) is 4.18. The SMILES string of the molecule is COc1ccc(OC)c(NC(=O)[C@H](C)Sc2ccccc2)c1. The van der Waals surface area contributed by atoms with E-state index in [1.165, 1.54) is 11.8 Å². The van der Waals surface area contributed by atoms with E-state index >= 15 is 0 Å². The van der Waals surface area contributed by atoms with Crippen molar-refractivity contribution in [3.63, 3.8) is 0 Å². The average Bonchev–Trinajstić information content (AvgIpc) is 2.55. The van der Waals surface area contributed by atoms with E-state index < -0.39 is 0 Å². The third-order valence-electron chi connectivity index (χ3n) is 3.09. The van der Waals surface area contributed by atoms with Crippen LogP contribution in [-0.4, -0.2) is 25.4 Å². The minimum absolute atomic E-state index is 0.0830. The predicted octanol–water partition coefficient (Wildman–Crippen LogP) is 3.82. The highest BCUT2D eigenvalue weighted by Gasteiger charge is 2.16. The van der Waals surface area contributed by atoms with E-state index in [-0.39, 0.29) is 11.2 Å². The van der Waals surface area contributed by atoms with E-state index in [0.717, 1.165) is 4.90 Å². The maximum absolute atomic E-state index is 12.4. The van der Waals surface area contributed by atoms with Gasteiger partial charge in [0.2, 0.25) is 5.91 Å². The Kier molecular flexibility index (Phi) is 5.72. The number of anilines is 1. The molecule has 2 aromatic rings. The minimum atomic E-state index is -0.224. The van der Waals surface area contributed by atoms with E-state index in [1.807, 2.05) is 37.3 Å². The van der Waals surface area contributed by atoms with Crippen LogP contribution in [0, 0.1) is 0 Å². The molecular weight excluding hydrogens is 298 g/mol. The van der Waals surface area contributed by atoms with E-state index in [2.05, 4.69) is 5.32 Å². The molecule has 0 aliphatic heterocycles. The van der Waals surface area contributed by atoms with Crippen molar-refractivity contribution in [1.82, 2.24) is 0 Å². The van der Waals surface area contributed by atoms with Gasteiger partial charge in [0.25, 0.3) is 0 Å². The van der Waals surface area contributed by atoms with Crippen LogP contribution in [0.4, 0.5) is 5.69 Å². The fraction of sp³-hybridized carbons (Fsp3) is 0.235. The fourth-order valence-corrected chi connectivity index (χ4v) is 2.79. The highest BCUT2D eigenvalue weighted by atomic mass is 32.2. The number of amides is 1. The van der Waals surface area contributed by atoms with Gasteiger partial charge in [-0.05, 0) is 31.2 Å². The van der Waals surface area contributed by atoms with E-state index in [4.69, 9.17) is 9.47 Å². The molecule has 1 atom stereocenters. The van der Waals surface area contributed by atoms with Gasteiger partial charge in [0.1, 0.15) is 11.5 Å². The summed E-state index contributed by atoms with van der Waals surface area (Å²) in [6.45, 7) is 1.87. The van der Waals surface area contributed by atoms with Gasteiger partial charge in [-0.1, -0.05) is 18.2 Å². The molecule has 0 spiro atoms. The summed E-state index contributed by atoms with van der Waals surface area (Å²) in [6, 6.07) is 15.1. The first-order chi connectivity index (χ1) is 10.6. The lowest BCUT2D eigenvalue weighted by Crippen LogP contribution is -2.22. The summed E-state index contributed by atoms with van der Waals surface area (Å²) in [5.41, 5.74) is 0.604. The molecular formula is C17H19NO3S. The normalized spacial score (nSPS) is 11.6. The van der Waals surface area contributed by atoms with Crippen molar-refractivity contribution < 1.29 is 14.3 Å². The molecule has 0 fully saturated rings.